The zero-order valence-electron chi connectivity index (χ0n) is 12.2. The molecular formula is C18H16ClNO2. The minimum Gasteiger partial charge on any atom is -0.506 e. The molecule has 0 aromatic heterocycles. The van der Waals surface area contributed by atoms with Gasteiger partial charge in [-0.1, -0.05) is 41.9 Å². The molecule has 1 aliphatic rings. The highest BCUT2D eigenvalue weighted by Gasteiger charge is 2.30. The Labute approximate surface area is 134 Å². The van der Waals surface area contributed by atoms with Gasteiger partial charge in [-0.3, -0.25) is 4.79 Å². The summed E-state index contributed by atoms with van der Waals surface area (Å²) < 4.78 is 0. The van der Waals surface area contributed by atoms with Crippen molar-refractivity contribution < 1.29 is 9.90 Å². The van der Waals surface area contributed by atoms with Gasteiger partial charge in [-0.2, -0.15) is 0 Å². The molecule has 0 bridgehead atoms. The molecule has 0 saturated carbocycles. The lowest BCUT2D eigenvalue weighted by Gasteiger charge is -2.35. The van der Waals surface area contributed by atoms with Crippen LogP contribution >= 0.6 is 11.6 Å². The monoisotopic (exact) mass is 313 g/mol. The van der Waals surface area contributed by atoms with Crippen LogP contribution in [0, 0.1) is 0 Å². The fraction of sp³-hybridized carbons (Fsp3) is 0.167. The third-order valence-corrected chi connectivity index (χ3v) is 4.26. The lowest BCUT2D eigenvalue weighted by Crippen LogP contribution is -2.31. The Kier molecular flexibility index (Phi) is 3.90. The van der Waals surface area contributed by atoms with Gasteiger partial charge in [-0.25, -0.2) is 0 Å². The number of para-hydroxylation sites is 2. The number of aromatic hydroxyl groups is 1. The van der Waals surface area contributed by atoms with Crippen LogP contribution in [0.3, 0.4) is 0 Å². The van der Waals surface area contributed by atoms with Crippen molar-refractivity contribution in [1.29, 1.82) is 0 Å². The number of benzene rings is 2. The molecule has 0 radical (unpaired) electrons. The highest BCUT2D eigenvalue weighted by atomic mass is 35.5. The normalized spacial score (nSPS) is 18.3. The first-order valence-corrected chi connectivity index (χ1v) is 7.48. The second-order valence-corrected chi connectivity index (χ2v) is 5.78. The van der Waals surface area contributed by atoms with Gasteiger partial charge in [0.2, 0.25) is 0 Å². The summed E-state index contributed by atoms with van der Waals surface area (Å²) in [6, 6.07) is 14.4. The number of ketones is 1. The fourth-order valence-corrected chi connectivity index (χ4v) is 2.99. The number of carbonyl (C=O) groups excluding carboxylic acids is 1. The molecule has 0 spiro atoms. The van der Waals surface area contributed by atoms with Crippen molar-refractivity contribution in [2.45, 2.75) is 19.4 Å². The van der Waals surface area contributed by atoms with E-state index in [-0.39, 0.29) is 17.6 Å². The minimum absolute atomic E-state index is 0.0941. The van der Waals surface area contributed by atoms with E-state index in [0.717, 1.165) is 5.56 Å². The van der Waals surface area contributed by atoms with Crippen LogP contribution < -0.4 is 4.90 Å². The highest BCUT2D eigenvalue weighted by molar-refractivity contribution is 6.31. The van der Waals surface area contributed by atoms with Crippen LogP contribution in [0.1, 0.15) is 24.9 Å². The molecule has 4 heteroatoms. The summed E-state index contributed by atoms with van der Waals surface area (Å²) in [5.41, 5.74) is 2.22. The second kappa shape index (κ2) is 5.85. The topological polar surface area (TPSA) is 40.5 Å². The number of Topliss-reactive ketones (excluding diaryl/α,β-unsaturated/α-hetero) is 1. The quantitative estimate of drug-likeness (QED) is 0.889. The van der Waals surface area contributed by atoms with Gasteiger partial charge in [-0.05, 0) is 30.7 Å². The Bertz CT molecular complexity index is 754. The van der Waals surface area contributed by atoms with Gasteiger partial charge in [0.1, 0.15) is 5.75 Å². The number of phenolic OH excluding ortho intramolecular Hbond substituents is 1. The van der Waals surface area contributed by atoms with Gasteiger partial charge < -0.3 is 10.0 Å². The number of halogens is 1. The molecule has 3 rings (SSSR count). The van der Waals surface area contributed by atoms with Crippen molar-refractivity contribution in [3.8, 4) is 5.75 Å². The van der Waals surface area contributed by atoms with Gasteiger partial charge >= 0.3 is 0 Å². The van der Waals surface area contributed by atoms with Crippen LogP contribution in [-0.4, -0.2) is 10.9 Å². The molecule has 1 atom stereocenters. The standard InChI is InChI=1S/C18H16ClNO2/c1-12-11-20(15-8-4-5-9-17(15)21)16(10-18(12)22)13-6-2-3-7-14(13)19/h2-9,11,16,21H,10H2,1H3. The highest BCUT2D eigenvalue weighted by Crippen LogP contribution is 2.40. The first kappa shape index (κ1) is 14.7. The lowest BCUT2D eigenvalue weighted by atomic mass is 9.93. The Morgan fingerprint density at radius 1 is 1.14 bits per heavy atom. The SMILES string of the molecule is CC1=CN(c2ccccc2O)C(c2ccccc2Cl)CC1=O. The Morgan fingerprint density at radius 2 is 1.82 bits per heavy atom. The third kappa shape index (κ3) is 2.60. The predicted octanol–water partition coefficient (Wildman–Crippen LogP) is 4.47. The molecule has 1 unspecified atom stereocenters. The van der Waals surface area contributed by atoms with E-state index in [2.05, 4.69) is 0 Å². The molecule has 0 amide bonds. The summed E-state index contributed by atoms with van der Waals surface area (Å²) >= 11 is 6.31. The summed E-state index contributed by atoms with van der Waals surface area (Å²) in [4.78, 5) is 14.1. The van der Waals surface area contributed by atoms with Crippen LogP contribution in [0.2, 0.25) is 5.02 Å². The molecule has 0 aliphatic carbocycles. The molecule has 1 heterocycles. The molecule has 2 aromatic carbocycles. The van der Waals surface area contributed by atoms with E-state index in [1.54, 1.807) is 25.3 Å². The molecule has 22 heavy (non-hydrogen) atoms. The molecule has 3 nitrogen and oxygen atoms in total. The van der Waals surface area contributed by atoms with E-state index in [4.69, 9.17) is 11.6 Å². The summed E-state index contributed by atoms with van der Waals surface area (Å²) in [5, 5.41) is 10.8. The van der Waals surface area contributed by atoms with Crippen LogP contribution in [0.4, 0.5) is 5.69 Å². The van der Waals surface area contributed by atoms with Crippen LogP contribution in [-0.2, 0) is 4.79 Å². The summed E-state index contributed by atoms with van der Waals surface area (Å²) in [7, 11) is 0. The zero-order valence-corrected chi connectivity index (χ0v) is 12.9. The van der Waals surface area contributed by atoms with Crippen molar-refractivity contribution in [1.82, 2.24) is 0 Å². The average Bonchev–Trinajstić information content (AvgIpc) is 2.51. The first-order chi connectivity index (χ1) is 10.6. The van der Waals surface area contributed by atoms with Crippen molar-refractivity contribution in [3.05, 3.63) is 70.9 Å². The van der Waals surface area contributed by atoms with Gasteiger partial charge in [0.25, 0.3) is 0 Å². The summed E-state index contributed by atoms with van der Waals surface area (Å²) in [6.45, 7) is 1.79. The van der Waals surface area contributed by atoms with E-state index in [1.165, 1.54) is 0 Å². The summed E-state index contributed by atoms with van der Waals surface area (Å²) in [5.74, 6) is 0.273. The predicted molar refractivity (Wildman–Crippen MR) is 88.2 cm³/mol. The van der Waals surface area contributed by atoms with E-state index in [0.29, 0.717) is 22.7 Å². The van der Waals surface area contributed by atoms with E-state index >= 15 is 0 Å². The summed E-state index contributed by atoms with van der Waals surface area (Å²) in [6.07, 6.45) is 2.12. The Hall–Kier alpha value is -2.26. The number of hydrogen-bond acceptors (Lipinski definition) is 3. The van der Waals surface area contributed by atoms with Crippen molar-refractivity contribution in [2.24, 2.45) is 0 Å². The maximum Gasteiger partial charge on any atom is 0.162 e. The number of carbonyl (C=O) groups is 1. The fourth-order valence-electron chi connectivity index (χ4n) is 2.73. The number of allylic oxidation sites excluding steroid dienone is 1. The van der Waals surface area contributed by atoms with E-state index < -0.39 is 0 Å². The van der Waals surface area contributed by atoms with Crippen molar-refractivity contribution in [3.63, 3.8) is 0 Å². The molecular weight excluding hydrogens is 298 g/mol. The maximum atomic E-state index is 12.2. The number of rotatable bonds is 2. The van der Waals surface area contributed by atoms with Gasteiger partial charge in [-0.15, -0.1) is 0 Å². The minimum atomic E-state index is -0.224. The molecule has 1 aliphatic heterocycles. The van der Waals surface area contributed by atoms with Gasteiger partial charge in [0.15, 0.2) is 5.78 Å². The molecule has 2 aromatic rings. The van der Waals surface area contributed by atoms with Crippen molar-refractivity contribution in [2.75, 3.05) is 4.90 Å². The smallest absolute Gasteiger partial charge is 0.162 e. The molecule has 0 fully saturated rings. The second-order valence-electron chi connectivity index (χ2n) is 5.37. The molecule has 0 saturated heterocycles. The zero-order chi connectivity index (χ0) is 15.7. The maximum absolute atomic E-state index is 12.2. The number of anilines is 1. The molecule has 112 valence electrons. The van der Waals surface area contributed by atoms with E-state index in [1.807, 2.05) is 41.3 Å². The Morgan fingerprint density at radius 3 is 2.55 bits per heavy atom. The number of hydrogen-bond donors (Lipinski definition) is 1. The third-order valence-electron chi connectivity index (χ3n) is 3.91. The lowest BCUT2D eigenvalue weighted by molar-refractivity contribution is -0.116. The number of nitrogens with zero attached hydrogens (tertiary/aromatic N) is 1. The largest absolute Gasteiger partial charge is 0.506 e. The van der Waals surface area contributed by atoms with Crippen LogP contribution in [0.5, 0.6) is 5.75 Å². The van der Waals surface area contributed by atoms with Crippen molar-refractivity contribution >= 4 is 23.1 Å². The van der Waals surface area contributed by atoms with Crippen LogP contribution in [0.15, 0.2) is 60.3 Å². The Balaban J connectivity index is 2.13. The van der Waals surface area contributed by atoms with Gasteiger partial charge in [0.05, 0.1) is 11.7 Å². The molecule has 1 N–H and O–H groups in total. The average molecular weight is 314 g/mol. The van der Waals surface area contributed by atoms with Crippen LogP contribution in [0.25, 0.3) is 0 Å². The number of phenols is 1. The van der Waals surface area contributed by atoms with E-state index in [9.17, 15) is 9.90 Å². The van der Waals surface area contributed by atoms with Gasteiger partial charge in [0, 0.05) is 23.2 Å². The first-order valence-electron chi connectivity index (χ1n) is 7.10.